The Kier molecular flexibility index (Phi) is 6.66. The van der Waals surface area contributed by atoms with Crippen molar-refractivity contribution in [1.82, 2.24) is 9.62 Å². The molecule has 2 amide bonds. The summed E-state index contributed by atoms with van der Waals surface area (Å²) >= 11 is 0. The largest absolute Gasteiger partial charge is 0.469 e. The van der Waals surface area contributed by atoms with Crippen molar-refractivity contribution < 1.29 is 22.4 Å². The van der Waals surface area contributed by atoms with Crippen LogP contribution in [0.2, 0.25) is 0 Å². The molecular formula is C23H29N3O5S. The number of benzene rings is 1. The molecule has 1 N–H and O–H groups in total. The van der Waals surface area contributed by atoms with Gasteiger partial charge in [0.15, 0.2) is 0 Å². The maximum atomic E-state index is 13.2. The Morgan fingerprint density at radius 2 is 1.88 bits per heavy atom. The van der Waals surface area contributed by atoms with Crippen molar-refractivity contribution in [2.75, 3.05) is 24.5 Å². The molecule has 0 bridgehead atoms. The zero-order valence-corrected chi connectivity index (χ0v) is 19.1. The van der Waals surface area contributed by atoms with E-state index in [9.17, 15) is 18.0 Å². The molecule has 2 aromatic rings. The summed E-state index contributed by atoms with van der Waals surface area (Å²) in [4.78, 5) is 26.9. The van der Waals surface area contributed by atoms with Crippen molar-refractivity contribution in [3.8, 4) is 0 Å². The number of sulfonamides is 1. The first kappa shape index (κ1) is 22.5. The number of carbonyl (C=O) groups excluding carboxylic acids is 2. The molecule has 0 saturated carbocycles. The molecule has 3 heterocycles. The summed E-state index contributed by atoms with van der Waals surface area (Å²) in [5.41, 5.74) is 1.29. The average molecular weight is 460 g/mol. The maximum absolute atomic E-state index is 13.2. The number of rotatable bonds is 6. The van der Waals surface area contributed by atoms with Gasteiger partial charge in [0.05, 0.1) is 11.2 Å². The molecule has 0 radical (unpaired) electrons. The number of nitrogens with zero attached hydrogens (tertiary/aromatic N) is 2. The lowest BCUT2D eigenvalue weighted by Gasteiger charge is -2.23. The molecule has 0 aliphatic carbocycles. The topological polar surface area (TPSA) is 99.9 Å². The first-order valence-corrected chi connectivity index (χ1v) is 12.5. The van der Waals surface area contributed by atoms with Crippen LogP contribution in [0, 0.1) is 0 Å². The second kappa shape index (κ2) is 9.46. The number of nitrogens with one attached hydrogen (secondary N) is 1. The molecule has 1 atom stereocenters. The lowest BCUT2D eigenvalue weighted by molar-refractivity contribution is -0.125. The van der Waals surface area contributed by atoms with Gasteiger partial charge in [-0.2, -0.15) is 4.31 Å². The summed E-state index contributed by atoms with van der Waals surface area (Å²) in [6.45, 7) is 2.86. The van der Waals surface area contributed by atoms with Crippen molar-refractivity contribution in [2.24, 2.45) is 0 Å². The second-order valence-electron chi connectivity index (χ2n) is 8.34. The predicted octanol–water partition coefficient (Wildman–Crippen LogP) is 2.48. The van der Waals surface area contributed by atoms with Crippen LogP contribution in [-0.4, -0.2) is 50.2 Å². The second-order valence-corrected chi connectivity index (χ2v) is 10.3. The quantitative estimate of drug-likeness (QED) is 0.715. The standard InChI is InChI=1S/C23H29N3O5S/c1-17(27)26-21-9-8-20(32(29,30)25-12-4-2-3-5-13-25)15-18(21)16-22(26)23(28)24-11-10-19-7-6-14-31-19/h6-9,14-15,22H,2-5,10-13,16H2,1H3,(H,24,28)/t22-/m0/s1. The van der Waals surface area contributed by atoms with Gasteiger partial charge in [0.2, 0.25) is 21.8 Å². The van der Waals surface area contributed by atoms with E-state index in [1.807, 2.05) is 6.07 Å². The smallest absolute Gasteiger partial charge is 0.243 e. The molecule has 2 aliphatic rings. The summed E-state index contributed by atoms with van der Waals surface area (Å²) in [5.74, 6) is 0.254. The van der Waals surface area contributed by atoms with E-state index in [1.165, 1.54) is 11.8 Å². The fourth-order valence-corrected chi connectivity index (χ4v) is 6.07. The fourth-order valence-electron chi connectivity index (χ4n) is 4.50. The maximum Gasteiger partial charge on any atom is 0.243 e. The molecule has 9 heteroatoms. The van der Waals surface area contributed by atoms with Gasteiger partial charge in [0.1, 0.15) is 11.8 Å². The summed E-state index contributed by atoms with van der Waals surface area (Å²) in [5, 5.41) is 2.87. The van der Waals surface area contributed by atoms with Gasteiger partial charge in [-0.3, -0.25) is 14.5 Å². The fraction of sp³-hybridized carbons (Fsp3) is 0.478. The minimum absolute atomic E-state index is 0.223. The molecule has 1 saturated heterocycles. The molecule has 0 spiro atoms. The summed E-state index contributed by atoms with van der Waals surface area (Å²) in [7, 11) is -3.60. The molecule has 1 aromatic carbocycles. The van der Waals surface area contributed by atoms with E-state index >= 15 is 0 Å². The number of hydrogen-bond donors (Lipinski definition) is 1. The van der Waals surface area contributed by atoms with E-state index in [-0.39, 0.29) is 23.1 Å². The Morgan fingerprint density at radius 1 is 1.12 bits per heavy atom. The van der Waals surface area contributed by atoms with Crippen LogP contribution in [0.25, 0.3) is 0 Å². The highest BCUT2D eigenvalue weighted by Gasteiger charge is 2.38. The van der Waals surface area contributed by atoms with Crippen LogP contribution >= 0.6 is 0 Å². The van der Waals surface area contributed by atoms with Crippen LogP contribution in [0.3, 0.4) is 0 Å². The highest BCUT2D eigenvalue weighted by molar-refractivity contribution is 7.89. The molecule has 32 heavy (non-hydrogen) atoms. The lowest BCUT2D eigenvalue weighted by Crippen LogP contribution is -2.47. The molecular weight excluding hydrogens is 430 g/mol. The van der Waals surface area contributed by atoms with Crippen LogP contribution in [-0.2, 0) is 32.5 Å². The van der Waals surface area contributed by atoms with Gasteiger partial charge < -0.3 is 9.73 Å². The summed E-state index contributed by atoms with van der Waals surface area (Å²) in [6, 6.07) is 7.76. The first-order chi connectivity index (χ1) is 15.4. The van der Waals surface area contributed by atoms with Crippen LogP contribution in [0.4, 0.5) is 5.69 Å². The predicted molar refractivity (Wildman–Crippen MR) is 120 cm³/mol. The number of fused-ring (bicyclic) bond motifs is 1. The van der Waals surface area contributed by atoms with E-state index < -0.39 is 16.1 Å². The number of furan rings is 1. The Labute approximate surface area is 188 Å². The molecule has 0 unspecified atom stereocenters. The number of hydrogen-bond acceptors (Lipinski definition) is 5. The first-order valence-electron chi connectivity index (χ1n) is 11.1. The Hall–Kier alpha value is -2.65. The van der Waals surface area contributed by atoms with Crippen molar-refractivity contribution in [3.05, 3.63) is 47.9 Å². The van der Waals surface area contributed by atoms with Crippen molar-refractivity contribution in [1.29, 1.82) is 0 Å². The minimum Gasteiger partial charge on any atom is -0.469 e. The third-order valence-electron chi connectivity index (χ3n) is 6.13. The van der Waals surface area contributed by atoms with E-state index in [4.69, 9.17) is 4.42 Å². The molecule has 1 fully saturated rings. The number of carbonyl (C=O) groups is 2. The van der Waals surface area contributed by atoms with Gasteiger partial charge in [0.25, 0.3) is 0 Å². The van der Waals surface area contributed by atoms with E-state index in [2.05, 4.69) is 5.32 Å². The summed E-state index contributed by atoms with van der Waals surface area (Å²) < 4.78 is 33.2. The van der Waals surface area contributed by atoms with Crippen LogP contribution in [0.5, 0.6) is 0 Å². The van der Waals surface area contributed by atoms with Crippen LogP contribution in [0.15, 0.2) is 45.9 Å². The Bertz CT molecular complexity index is 1070. The molecule has 4 rings (SSSR count). The van der Waals surface area contributed by atoms with E-state index in [1.54, 1.807) is 34.8 Å². The molecule has 8 nitrogen and oxygen atoms in total. The number of anilines is 1. The Balaban J connectivity index is 1.51. The summed E-state index contributed by atoms with van der Waals surface area (Å²) in [6.07, 6.45) is 6.23. The van der Waals surface area contributed by atoms with E-state index in [0.717, 1.165) is 31.4 Å². The van der Waals surface area contributed by atoms with E-state index in [0.29, 0.717) is 37.3 Å². The van der Waals surface area contributed by atoms with Gasteiger partial charge >= 0.3 is 0 Å². The number of amides is 2. The van der Waals surface area contributed by atoms with Crippen molar-refractivity contribution in [3.63, 3.8) is 0 Å². The van der Waals surface area contributed by atoms with Gasteiger partial charge in [-0.1, -0.05) is 12.8 Å². The third kappa shape index (κ3) is 4.59. The monoisotopic (exact) mass is 459 g/mol. The minimum atomic E-state index is -3.60. The molecule has 172 valence electrons. The van der Waals surface area contributed by atoms with Crippen LogP contribution in [0.1, 0.15) is 43.9 Å². The highest BCUT2D eigenvalue weighted by atomic mass is 32.2. The van der Waals surface area contributed by atoms with Gasteiger partial charge in [-0.15, -0.1) is 0 Å². The van der Waals surface area contributed by atoms with Crippen molar-refractivity contribution in [2.45, 2.75) is 56.4 Å². The molecule has 2 aliphatic heterocycles. The normalized spacial score (nSPS) is 19.4. The van der Waals surface area contributed by atoms with Gasteiger partial charge in [-0.25, -0.2) is 8.42 Å². The SMILES string of the molecule is CC(=O)N1c2ccc(S(=O)(=O)N3CCCCCC3)cc2C[C@H]1C(=O)NCCc1ccco1. The highest BCUT2D eigenvalue weighted by Crippen LogP contribution is 2.35. The molecule has 1 aromatic heterocycles. The Morgan fingerprint density at radius 3 is 2.53 bits per heavy atom. The van der Waals surface area contributed by atoms with Crippen LogP contribution < -0.4 is 10.2 Å². The third-order valence-corrected chi connectivity index (χ3v) is 8.03. The zero-order valence-electron chi connectivity index (χ0n) is 18.2. The van der Waals surface area contributed by atoms with Gasteiger partial charge in [-0.05, 0) is 48.7 Å². The van der Waals surface area contributed by atoms with Crippen molar-refractivity contribution >= 4 is 27.5 Å². The zero-order chi connectivity index (χ0) is 22.7. The lowest BCUT2D eigenvalue weighted by atomic mass is 10.1. The van der Waals surface area contributed by atoms with Gasteiger partial charge in [0, 0.05) is 45.1 Å². The average Bonchev–Trinajstić information content (AvgIpc) is 3.32.